The topological polar surface area (TPSA) is 80.2 Å². The molecule has 0 aliphatic carbocycles. The summed E-state index contributed by atoms with van der Waals surface area (Å²) in [5.74, 6) is 0.815. The first-order valence-corrected chi connectivity index (χ1v) is 17.8. The fourth-order valence-electron chi connectivity index (χ4n) is 6.82. The fourth-order valence-corrected chi connectivity index (χ4v) is 6.82. The van der Waals surface area contributed by atoms with Crippen molar-refractivity contribution in [1.82, 2.24) is 5.32 Å². The zero-order valence-corrected chi connectivity index (χ0v) is 29.0. The number of benzene rings is 6. The summed E-state index contributed by atoms with van der Waals surface area (Å²) < 4.78 is 12.6. The van der Waals surface area contributed by atoms with Crippen molar-refractivity contribution in [2.75, 3.05) is 19.8 Å². The Hall–Kier alpha value is -5.98. The molecule has 6 nitrogen and oxygen atoms in total. The third kappa shape index (κ3) is 7.83. The Morgan fingerprint density at radius 2 is 1.23 bits per heavy atom. The fraction of sp³-hybridized carbons (Fsp3) is 0.174. The second-order valence-corrected chi connectivity index (χ2v) is 13.0. The van der Waals surface area contributed by atoms with Crippen LogP contribution in [0.3, 0.4) is 0 Å². The molecule has 0 saturated carbocycles. The monoisotopic (exact) mass is 686 g/mol. The molecule has 1 amide bonds. The van der Waals surface area contributed by atoms with E-state index in [0.29, 0.717) is 37.6 Å². The number of nitrogens with one attached hydrogen (secondary N) is 1. The lowest BCUT2D eigenvalue weighted by Crippen LogP contribution is -2.50. The van der Waals surface area contributed by atoms with E-state index in [1.165, 1.54) is 0 Å². The number of hydrogen-bond acceptors (Lipinski definition) is 5. The van der Waals surface area contributed by atoms with Crippen LogP contribution in [0.4, 0.5) is 0 Å². The van der Waals surface area contributed by atoms with Gasteiger partial charge in [-0.1, -0.05) is 146 Å². The molecule has 1 heterocycles. The summed E-state index contributed by atoms with van der Waals surface area (Å²) in [4.78, 5) is 20.3. The quantitative estimate of drug-likeness (QED) is 0.113. The molecule has 0 saturated heterocycles. The van der Waals surface area contributed by atoms with Crippen molar-refractivity contribution in [3.63, 3.8) is 0 Å². The molecule has 0 unspecified atom stereocenters. The van der Waals surface area contributed by atoms with E-state index in [4.69, 9.17) is 19.6 Å². The van der Waals surface area contributed by atoms with E-state index in [1.54, 1.807) is 0 Å². The molecule has 0 fully saturated rings. The lowest BCUT2D eigenvalue weighted by Gasteiger charge is -2.32. The number of hydrogen-bond donors (Lipinski definition) is 2. The highest BCUT2D eigenvalue weighted by Crippen LogP contribution is 2.43. The molecule has 1 aliphatic heterocycles. The molecule has 6 aromatic rings. The molecule has 2 N–H and O–H groups in total. The predicted octanol–water partition coefficient (Wildman–Crippen LogP) is 8.56. The molecule has 52 heavy (non-hydrogen) atoms. The molecular formula is C46H42N2O4. The molecule has 2 atom stereocenters. The zero-order chi connectivity index (χ0) is 35.6. The average Bonchev–Trinajstić information content (AvgIpc) is 3.60. The number of carbonyl (C=O) groups is 1. The van der Waals surface area contributed by atoms with Gasteiger partial charge >= 0.3 is 0 Å². The highest BCUT2D eigenvalue weighted by atomic mass is 16.5. The minimum atomic E-state index is -1.32. The maximum absolute atomic E-state index is 15.0. The van der Waals surface area contributed by atoms with E-state index in [1.807, 2.05) is 121 Å². The minimum absolute atomic E-state index is 0.0621. The second-order valence-electron chi connectivity index (χ2n) is 13.0. The number of ether oxygens (including phenoxy) is 2. The summed E-state index contributed by atoms with van der Waals surface area (Å²) in [5.41, 5.74) is 5.68. The van der Waals surface area contributed by atoms with E-state index in [2.05, 4.69) is 53.8 Å². The maximum atomic E-state index is 15.0. The van der Waals surface area contributed by atoms with Crippen molar-refractivity contribution < 1.29 is 19.4 Å². The van der Waals surface area contributed by atoms with Gasteiger partial charge < -0.3 is 19.9 Å². The largest absolute Gasteiger partial charge is 0.494 e. The van der Waals surface area contributed by atoms with Crippen molar-refractivity contribution in [2.45, 2.75) is 30.4 Å². The summed E-state index contributed by atoms with van der Waals surface area (Å²) in [7, 11) is 0. The number of amides is 1. The van der Waals surface area contributed by atoms with Gasteiger partial charge in [0.1, 0.15) is 5.75 Å². The first kappa shape index (κ1) is 34.5. The SMILES string of the molecule is O=C(NCC(c1ccccc1)c1ccccc1)[C@]1(Cc2ccccc2)N=C(c2ccc(OCCCO)cc2)O[C@@H]1c1ccc(-c2ccccc2)cc1. The Morgan fingerprint density at radius 1 is 0.692 bits per heavy atom. The van der Waals surface area contributed by atoms with Gasteiger partial charge in [0, 0.05) is 37.5 Å². The number of rotatable bonds is 14. The number of nitrogens with zero attached hydrogens (tertiary/aromatic N) is 1. The molecule has 0 bridgehead atoms. The van der Waals surface area contributed by atoms with Crippen LogP contribution >= 0.6 is 0 Å². The predicted molar refractivity (Wildman–Crippen MR) is 206 cm³/mol. The van der Waals surface area contributed by atoms with Gasteiger partial charge in [0.2, 0.25) is 5.90 Å². The maximum Gasteiger partial charge on any atom is 0.252 e. The van der Waals surface area contributed by atoms with E-state index in [9.17, 15) is 0 Å². The van der Waals surface area contributed by atoms with Crippen LogP contribution in [-0.2, 0) is 16.0 Å². The Bertz CT molecular complexity index is 2010. The third-order valence-corrected chi connectivity index (χ3v) is 9.54. The van der Waals surface area contributed by atoms with Gasteiger partial charge in [-0.05, 0) is 57.6 Å². The number of aliphatic imine (C=N–C) groups is 1. The summed E-state index contributed by atoms with van der Waals surface area (Å²) in [6.45, 7) is 0.870. The van der Waals surface area contributed by atoms with Crippen LogP contribution in [-0.4, -0.2) is 42.2 Å². The first-order valence-electron chi connectivity index (χ1n) is 17.8. The van der Waals surface area contributed by atoms with Crippen molar-refractivity contribution in [2.24, 2.45) is 4.99 Å². The van der Waals surface area contributed by atoms with E-state index < -0.39 is 11.6 Å². The van der Waals surface area contributed by atoms with Gasteiger partial charge in [-0.15, -0.1) is 0 Å². The Labute approximate surface area is 305 Å². The van der Waals surface area contributed by atoms with Crippen LogP contribution in [0, 0.1) is 0 Å². The van der Waals surface area contributed by atoms with Gasteiger partial charge in [0.15, 0.2) is 11.6 Å². The molecule has 260 valence electrons. The van der Waals surface area contributed by atoms with Crippen molar-refractivity contribution >= 4 is 11.8 Å². The molecule has 0 aromatic heterocycles. The number of aliphatic hydroxyl groups excluding tert-OH is 1. The van der Waals surface area contributed by atoms with Crippen LogP contribution in [0.25, 0.3) is 11.1 Å². The standard InChI is InChI=1S/C46H42N2O4/c49-30-13-31-51-41-28-26-40(27-29-41)44-48-46(32-34-14-5-1-6-15-34,43(52-44)39-24-22-36(23-25-39)35-16-7-2-8-17-35)45(50)47-33-42(37-18-9-3-10-19-37)38-20-11-4-12-21-38/h1-12,14-29,42-43,49H,13,30-33H2,(H,47,50)/t43-,46-/m1/s1. The van der Waals surface area contributed by atoms with Gasteiger partial charge in [0.25, 0.3) is 5.91 Å². The van der Waals surface area contributed by atoms with Crippen molar-refractivity contribution in [3.05, 3.63) is 198 Å². The second kappa shape index (κ2) is 16.4. The molecule has 0 spiro atoms. The van der Waals surface area contributed by atoms with Gasteiger partial charge in [0.05, 0.1) is 6.61 Å². The van der Waals surface area contributed by atoms with Gasteiger partial charge in [-0.2, -0.15) is 0 Å². The van der Waals surface area contributed by atoms with Crippen LogP contribution < -0.4 is 10.1 Å². The molecule has 1 aliphatic rings. The van der Waals surface area contributed by atoms with Gasteiger partial charge in [-0.25, -0.2) is 4.99 Å². The van der Waals surface area contributed by atoms with Gasteiger partial charge in [-0.3, -0.25) is 4.79 Å². The highest BCUT2D eigenvalue weighted by molar-refractivity contribution is 6.01. The molecule has 7 rings (SSSR count). The van der Waals surface area contributed by atoms with Crippen LogP contribution in [0.1, 0.15) is 46.3 Å². The highest BCUT2D eigenvalue weighted by Gasteiger charge is 2.53. The van der Waals surface area contributed by atoms with E-state index in [-0.39, 0.29) is 18.4 Å². The van der Waals surface area contributed by atoms with Crippen LogP contribution in [0.15, 0.2) is 175 Å². The number of aliphatic hydroxyl groups is 1. The van der Waals surface area contributed by atoms with Crippen LogP contribution in [0.5, 0.6) is 5.75 Å². The minimum Gasteiger partial charge on any atom is -0.494 e. The molecule has 6 aromatic carbocycles. The van der Waals surface area contributed by atoms with Crippen LogP contribution in [0.2, 0.25) is 0 Å². The van der Waals surface area contributed by atoms with Crippen molar-refractivity contribution in [3.8, 4) is 16.9 Å². The lowest BCUT2D eigenvalue weighted by molar-refractivity contribution is -0.129. The lowest BCUT2D eigenvalue weighted by atomic mass is 9.81. The average molecular weight is 687 g/mol. The van der Waals surface area contributed by atoms with E-state index >= 15 is 4.79 Å². The normalized spacial score (nSPS) is 16.6. The Balaban J connectivity index is 1.28. The van der Waals surface area contributed by atoms with Crippen molar-refractivity contribution in [1.29, 1.82) is 0 Å². The molecular weight excluding hydrogens is 645 g/mol. The molecule has 6 heteroatoms. The van der Waals surface area contributed by atoms with E-state index in [0.717, 1.165) is 38.9 Å². The summed E-state index contributed by atoms with van der Waals surface area (Å²) >= 11 is 0. The smallest absolute Gasteiger partial charge is 0.252 e. The Morgan fingerprint density at radius 3 is 1.83 bits per heavy atom. The number of carbonyl (C=O) groups excluding carboxylic acids is 1. The summed E-state index contributed by atoms with van der Waals surface area (Å²) in [6, 6.07) is 56.6. The third-order valence-electron chi connectivity index (χ3n) is 9.54. The Kier molecular flexibility index (Phi) is 10.8. The first-order chi connectivity index (χ1) is 25.6. The summed E-state index contributed by atoms with van der Waals surface area (Å²) in [6.07, 6.45) is 0.173. The zero-order valence-electron chi connectivity index (χ0n) is 29.0. The molecule has 0 radical (unpaired) electrons. The summed E-state index contributed by atoms with van der Waals surface area (Å²) in [5, 5.41) is 12.5.